The molecule has 0 aromatic rings. The molecule has 0 N–H and O–H groups in total. The van der Waals surface area contributed by atoms with E-state index in [-0.39, 0.29) is 8.80 Å². The van der Waals surface area contributed by atoms with Gasteiger partial charge in [0, 0.05) is 8.80 Å². The van der Waals surface area contributed by atoms with Gasteiger partial charge in [0.25, 0.3) is 0 Å². The van der Waals surface area contributed by atoms with Crippen molar-refractivity contribution < 1.29 is 0 Å². The summed E-state index contributed by atoms with van der Waals surface area (Å²) in [6, 6.07) is 2.76. The zero-order valence-corrected chi connectivity index (χ0v) is 8.96. The van der Waals surface area contributed by atoms with Crippen LogP contribution in [0.4, 0.5) is 0 Å². The summed E-state index contributed by atoms with van der Waals surface area (Å²) >= 11 is 6.33. The van der Waals surface area contributed by atoms with Gasteiger partial charge in [0.1, 0.15) is 0 Å². The lowest BCUT2D eigenvalue weighted by atomic mass is 11.0. The molecule has 0 aromatic carbocycles. The first kappa shape index (κ1) is 7.83. The van der Waals surface area contributed by atoms with E-state index in [2.05, 4.69) is 13.8 Å². The Hall–Kier alpha value is 0.724. The molecule has 0 nitrogen and oxygen atoms in total. The van der Waals surface area contributed by atoms with E-state index in [1.165, 1.54) is 23.4 Å². The average molecular weight is 178 g/mol. The third kappa shape index (κ3) is 1.60. The summed E-state index contributed by atoms with van der Waals surface area (Å²) in [5.74, 6) is 0. The minimum Gasteiger partial charge on any atom is -0.168 e. The van der Waals surface area contributed by atoms with E-state index in [1.54, 1.807) is 0 Å². The molecule has 1 aliphatic rings. The monoisotopic (exact) mass is 177 g/mol. The Kier molecular flexibility index (Phi) is 2.40. The maximum Gasteiger partial charge on any atom is 0.150 e. The molecule has 0 amide bonds. The van der Waals surface area contributed by atoms with Crippen molar-refractivity contribution in [3.05, 3.63) is 0 Å². The van der Waals surface area contributed by atoms with Crippen LogP contribution in [0.3, 0.4) is 0 Å². The lowest BCUT2D eigenvalue weighted by molar-refractivity contribution is 1.26. The first-order chi connectivity index (χ1) is 4.20. The maximum absolute atomic E-state index is 6.33. The van der Waals surface area contributed by atoms with E-state index in [0.717, 1.165) is 0 Å². The van der Waals surface area contributed by atoms with Crippen LogP contribution in [0.2, 0.25) is 23.4 Å². The van der Waals surface area contributed by atoms with Gasteiger partial charge >= 0.3 is 0 Å². The molecule has 0 saturated carbocycles. The molecule has 53 valence electrons. The predicted octanol–water partition coefficient (Wildman–Crippen LogP) is 2.80. The molecule has 0 atom stereocenters. The molecule has 0 aliphatic carbocycles. The van der Waals surface area contributed by atoms with Gasteiger partial charge in [0.05, 0.1) is 0 Å². The van der Waals surface area contributed by atoms with Gasteiger partial charge in [-0.1, -0.05) is 19.9 Å². The average Bonchev–Trinajstić information content (AvgIpc) is 1.81. The number of halogens is 1. The highest BCUT2D eigenvalue weighted by Gasteiger charge is 2.43. The second-order valence-corrected chi connectivity index (χ2v) is 13.4. The molecule has 0 spiro atoms. The van der Waals surface area contributed by atoms with Gasteiger partial charge in [-0.05, 0) is 17.4 Å². The lowest BCUT2D eigenvalue weighted by Crippen LogP contribution is -2.47. The molecular formula is C6H14ClSi2. The molecule has 1 heterocycles. The fraction of sp³-hybridized carbons (Fsp3) is 1.00. The van der Waals surface area contributed by atoms with Crippen LogP contribution in [0.1, 0.15) is 13.8 Å². The Morgan fingerprint density at radius 2 is 2.00 bits per heavy atom. The lowest BCUT2D eigenvalue weighted by Gasteiger charge is -2.38. The van der Waals surface area contributed by atoms with Crippen molar-refractivity contribution in [2.75, 3.05) is 0 Å². The van der Waals surface area contributed by atoms with Gasteiger partial charge in [0.2, 0.25) is 0 Å². The molecule has 0 aromatic heterocycles. The summed E-state index contributed by atoms with van der Waals surface area (Å²) in [6.45, 7) is 4.57. The van der Waals surface area contributed by atoms with Gasteiger partial charge in [-0.2, -0.15) is 11.1 Å². The Morgan fingerprint density at radius 3 is 2.33 bits per heavy atom. The zero-order chi connectivity index (χ0) is 6.91. The van der Waals surface area contributed by atoms with Gasteiger partial charge in [-0.25, -0.2) is 0 Å². The third-order valence-corrected chi connectivity index (χ3v) is 16.8. The van der Waals surface area contributed by atoms with Crippen LogP contribution in [-0.2, 0) is 0 Å². The van der Waals surface area contributed by atoms with Crippen molar-refractivity contribution in [1.82, 2.24) is 0 Å². The van der Waals surface area contributed by atoms with Crippen LogP contribution in [-0.4, -0.2) is 16.2 Å². The van der Waals surface area contributed by atoms with Crippen LogP contribution < -0.4 is 0 Å². The SMILES string of the molecule is CC[Si]1C[Si](Cl)(CC)C1. The molecule has 1 radical (unpaired) electrons. The zero-order valence-electron chi connectivity index (χ0n) is 6.21. The molecule has 1 saturated heterocycles. The van der Waals surface area contributed by atoms with Gasteiger partial charge in [-0.15, -0.1) is 0 Å². The van der Waals surface area contributed by atoms with Crippen molar-refractivity contribution in [3.63, 3.8) is 0 Å². The van der Waals surface area contributed by atoms with Crippen LogP contribution >= 0.6 is 11.1 Å². The van der Waals surface area contributed by atoms with Crippen LogP contribution in [0, 0.1) is 0 Å². The molecule has 0 bridgehead atoms. The third-order valence-electron chi connectivity index (χ3n) is 2.27. The topological polar surface area (TPSA) is 0 Å². The summed E-state index contributed by atoms with van der Waals surface area (Å²) in [4.78, 5) is 0. The van der Waals surface area contributed by atoms with Crippen LogP contribution in [0.15, 0.2) is 0 Å². The highest BCUT2D eigenvalue weighted by molar-refractivity contribution is 7.31. The summed E-state index contributed by atoms with van der Waals surface area (Å²) in [5, 5.41) is 0. The second-order valence-electron chi connectivity index (χ2n) is 2.96. The molecular weight excluding hydrogens is 164 g/mol. The molecule has 1 rings (SSSR count). The predicted molar refractivity (Wildman–Crippen MR) is 47.9 cm³/mol. The van der Waals surface area contributed by atoms with Crippen molar-refractivity contribution in [1.29, 1.82) is 0 Å². The van der Waals surface area contributed by atoms with E-state index >= 15 is 0 Å². The smallest absolute Gasteiger partial charge is 0.150 e. The summed E-state index contributed by atoms with van der Waals surface area (Å²) in [6.07, 6.45) is 0. The quantitative estimate of drug-likeness (QED) is 0.450. The van der Waals surface area contributed by atoms with Gasteiger partial charge < -0.3 is 0 Å². The highest BCUT2D eigenvalue weighted by Crippen LogP contribution is 2.39. The van der Waals surface area contributed by atoms with E-state index in [0.29, 0.717) is 0 Å². The maximum atomic E-state index is 6.33. The number of rotatable bonds is 2. The van der Waals surface area contributed by atoms with Crippen molar-refractivity contribution in [3.8, 4) is 0 Å². The second kappa shape index (κ2) is 2.76. The van der Waals surface area contributed by atoms with E-state index in [9.17, 15) is 0 Å². The van der Waals surface area contributed by atoms with E-state index < -0.39 is 7.38 Å². The largest absolute Gasteiger partial charge is 0.168 e. The Morgan fingerprint density at radius 1 is 1.44 bits per heavy atom. The molecule has 9 heavy (non-hydrogen) atoms. The van der Waals surface area contributed by atoms with Gasteiger partial charge in [-0.3, -0.25) is 0 Å². The molecule has 3 heteroatoms. The summed E-state index contributed by atoms with van der Waals surface area (Å²) in [5.41, 5.74) is 2.98. The van der Waals surface area contributed by atoms with Gasteiger partial charge in [0.15, 0.2) is 7.38 Å². The minimum absolute atomic E-state index is 0.124. The highest BCUT2D eigenvalue weighted by atomic mass is 35.6. The van der Waals surface area contributed by atoms with Crippen LogP contribution in [0.5, 0.6) is 0 Å². The number of hydrogen-bond donors (Lipinski definition) is 0. The van der Waals surface area contributed by atoms with E-state index in [4.69, 9.17) is 11.1 Å². The normalized spacial score (nSPS) is 25.7. The first-order valence-electron chi connectivity index (χ1n) is 3.72. The summed E-state index contributed by atoms with van der Waals surface area (Å²) in [7, 11) is -0.913. The standard InChI is InChI=1S/C6H14ClSi2/c1-3-8-5-9(7,4-2)6-8/h3-6H2,1-2H3. The fourth-order valence-corrected chi connectivity index (χ4v) is 15.5. The van der Waals surface area contributed by atoms with Crippen molar-refractivity contribution in [2.24, 2.45) is 0 Å². The summed E-state index contributed by atoms with van der Waals surface area (Å²) < 4.78 is 0. The van der Waals surface area contributed by atoms with Crippen LogP contribution in [0.25, 0.3) is 0 Å². The van der Waals surface area contributed by atoms with Crippen molar-refractivity contribution >= 4 is 27.3 Å². The number of hydrogen-bond acceptors (Lipinski definition) is 0. The Bertz CT molecular complexity index is 99.2. The molecule has 1 fully saturated rings. The van der Waals surface area contributed by atoms with Crippen molar-refractivity contribution in [2.45, 2.75) is 37.3 Å². The Balaban J connectivity index is 2.24. The first-order valence-corrected chi connectivity index (χ1v) is 9.48. The Labute approximate surface area is 64.9 Å². The minimum atomic E-state index is -1.04. The van der Waals surface area contributed by atoms with E-state index in [1.807, 2.05) is 0 Å². The molecule has 0 unspecified atom stereocenters. The fourth-order valence-electron chi connectivity index (χ4n) is 1.34. The molecule has 1 aliphatic heterocycles.